The Morgan fingerprint density at radius 1 is 1.09 bits per heavy atom. The first-order valence-corrected chi connectivity index (χ1v) is 7.69. The summed E-state index contributed by atoms with van der Waals surface area (Å²) in [7, 11) is 3.19. The second-order valence-corrected chi connectivity index (χ2v) is 5.26. The molecule has 0 bridgehead atoms. The lowest BCUT2D eigenvalue weighted by atomic mass is 10.2. The Morgan fingerprint density at radius 2 is 1.73 bits per heavy atom. The highest BCUT2D eigenvalue weighted by Crippen LogP contribution is 2.39. The highest BCUT2D eigenvalue weighted by molar-refractivity contribution is 5.60. The fraction of sp³-hybridized carbons (Fsp3) is 0.625. The quantitative estimate of drug-likeness (QED) is 0.583. The van der Waals surface area contributed by atoms with Crippen molar-refractivity contribution in [2.45, 2.75) is 12.8 Å². The van der Waals surface area contributed by atoms with Crippen molar-refractivity contribution in [2.75, 3.05) is 59.4 Å². The molecule has 1 aliphatic rings. The van der Waals surface area contributed by atoms with E-state index in [2.05, 4.69) is 4.90 Å². The molecule has 6 nitrogen and oxygen atoms in total. The minimum absolute atomic E-state index is 0.591. The number of nitrogen functional groups attached to an aromatic ring is 1. The normalized spacial score (nSPS) is 15.5. The number of rotatable bonds is 8. The Bertz CT molecular complexity index is 436. The van der Waals surface area contributed by atoms with Crippen LogP contribution in [0.25, 0.3) is 0 Å². The number of nitrogens with zero attached hydrogens (tertiary/aromatic N) is 1. The van der Waals surface area contributed by atoms with Crippen molar-refractivity contribution in [3.05, 3.63) is 12.1 Å². The molecule has 2 rings (SSSR count). The molecular weight excluding hydrogens is 284 g/mol. The van der Waals surface area contributed by atoms with Crippen LogP contribution >= 0.6 is 0 Å². The van der Waals surface area contributed by atoms with Gasteiger partial charge in [0.05, 0.1) is 34.0 Å². The van der Waals surface area contributed by atoms with Gasteiger partial charge in [0.2, 0.25) is 5.75 Å². The topological polar surface area (TPSA) is 66.2 Å². The van der Waals surface area contributed by atoms with Gasteiger partial charge in [0.1, 0.15) is 0 Å². The van der Waals surface area contributed by atoms with E-state index in [1.165, 1.54) is 0 Å². The largest absolute Gasteiger partial charge is 0.493 e. The predicted octanol–water partition coefficient (Wildman–Crippen LogP) is 1.78. The number of unbranched alkanes of at least 4 members (excludes halogenated alkanes) is 1. The molecule has 124 valence electrons. The van der Waals surface area contributed by atoms with Gasteiger partial charge in [0, 0.05) is 30.9 Å². The molecule has 0 spiro atoms. The summed E-state index contributed by atoms with van der Waals surface area (Å²) in [4.78, 5) is 2.42. The van der Waals surface area contributed by atoms with Crippen molar-refractivity contribution in [2.24, 2.45) is 0 Å². The molecular formula is C16H26N2O4. The number of methoxy groups -OCH3 is 2. The van der Waals surface area contributed by atoms with Crippen molar-refractivity contribution >= 4 is 5.69 Å². The second-order valence-electron chi connectivity index (χ2n) is 5.26. The lowest BCUT2D eigenvalue weighted by Gasteiger charge is -2.26. The first-order valence-electron chi connectivity index (χ1n) is 7.69. The van der Waals surface area contributed by atoms with Crippen LogP contribution in [0, 0.1) is 0 Å². The van der Waals surface area contributed by atoms with Gasteiger partial charge in [0.15, 0.2) is 11.5 Å². The molecule has 1 fully saturated rings. The van der Waals surface area contributed by atoms with E-state index >= 15 is 0 Å². The third kappa shape index (κ3) is 4.68. The Kier molecular flexibility index (Phi) is 6.61. The van der Waals surface area contributed by atoms with Crippen LogP contribution in [0.4, 0.5) is 5.69 Å². The number of anilines is 1. The maximum Gasteiger partial charge on any atom is 0.203 e. The number of morpholine rings is 1. The smallest absolute Gasteiger partial charge is 0.203 e. The van der Waals surface area contributed by atoms with E-state index in [1.54, 1.807) is 26.4 Å². The predicted molar refractivity (Wildman–Crippen MR) is 85.9 cm³/mol. The zero-order valence-corrected chi connectivity index (χ0v) is 13.5. The van der Waals surface area contributed by atoms with E-state index in [1.807, 2.05) is 0 Å². The van der Waals surface area contributed by atoms with Gasteiger partial charge in [-0.3, -0.25) is 4.90 Å². The average Bonchev–Trinajstić information content (AvgIpc) is 2.55. The molecule has 0 amide bonds. The first-order chi connectivity index (χ1) is 10.7. The van der Waals surface area contributed by atoms with Crippen molar-refractivity contribution in [3.8, 4) is 17.2 Å². The molecule has 1 aromatic rings. The fourth-order valence-electron chi connectivity index (χ4n) is 2.48. The molecule has 22 heavy (non-hydrogen) atoms. The van der Waals surface area contributed by atoms with Crippen LogP contribution in [0.2, 0.25) is 0 Å². The SMILES string of the molecule is COc1cc(N)cc(OC)c1OCCCCN1CCOCC1. The van der Waals surface area contributed by atoms with E-state index in [-0.39, 0.29) is 0 Å². The molecule has 1 saturated heterocycles. The minimum atomic E-state index is 0.591. The van der Waals surface area contributed by atoms with Crippen LogP contribution in [0.5, 0.6) is 17.2 Å². The Morgan fingerprint density at radius 3 is 2.32 bits per heavy atom. The Hall–Kier alpha value is -1.66. The van der Waals surface area contributed by atoms with E-state index in [0.717, 1.165) is 45.7 Å². The molecule has 0 atom stereocenters. The third-order valence-corrected chi connectivity index (χ3v) is 3.70. The van der Waals surface area contributed by atoms with Crippen molar-refractivity contribution < 1.29 is 18.9 Å². The minimum Gasteiger partial charge on any atom is -0.493 e. The summed E-state index contributed by atoms with van der Waals surface area (Å²) in [5, 5.41) is 0. The van der Waals surface area contributed by atoms with Crippen LogP contribution in [0.15, 0.2) is 12.1 Å². The van der Waals surface area contributed by atoms with Crippen LogP contribution in [0.3, 0.4) is 0 Å². The van der Waals surface area contributed by atoms with Crippen molar-refractivity contribution in [1.29, 1.82) is 0 Å². The van der Waals surface area contributed by atoms with Crippen LogP contribution < -0.4 is 19.9 Å². The van der Waals surface area contributed by atoms with E-state index in [0.29, 0.717) is 29.5 Å². The van der Waals surface area contributed by atoms with Gasteiger partial charge in [-0.15, -0.1) is 0 Å². The number of nitrogens with two attached hydrogens (primary N) is 1. The molecule has 2 N–H and O–H groups in total. The Balaban J connectivity index is 1.78. The van der Waals surface area contributed by atoms with Crippen LogP contribution in [-0.2, 0) is 4.74 Å². The molecule has 0 aliphatic carbocycles. The third-order valence-electron chi connectivity index (χ3n) is 3.70. The van der Waals surface area contributed by atoms with E-state index in [9.17, 15) is 0 Å². The first kappa shape index (κ1) is 16.7. The van der Waals surface area contributed by atoms with Gasteiger partial charge in [-0.2, -0.15) is 0 Å². The second kappa shape index (κ2) is 8.70. The standard InChI is InChI=1S/C16H26N2O4/c1-19-14-11-13(17)12-15(20-2)16(14)22-8-4-3-5-18-6-9-21-10-7-18/h11-12H,3-10,17H2,1-2H3. The molecule has 6 heteroatoms. The maximum absolute atomic E-state index is 5.85. The van der Waals surface area contributed by atoms with Gasteiger partial charge in [-0.1, -0.05) is 0 Å². The summed E-state index contributed by atoms with van der Waals surface area (Å²) in [5.41, 5.74) is 6.40. The fourth-order valence-corrected chi connectivity index (χ4v) is 2.48. The molecule has 0 saturated carbocycles. The molecule has 0 aromatic heterocycles. The lowest BCUT2D eigenvalue weighted by molar-refractivity contribution is 0.0367. The summed E-state index contributed by atoms with van der Waals surface area (Å²) in [6.45, 7) is 5.46. The number of hydrogen-bond donors (Lipinski definition) is 1. The van der Waals surface area contributed by atoms with Crippen molar-refractivity contribution in [3.63, 3.8) is 0 Å². The number of benzene rings is 1. The maximum atomic E-state index is 5.85. The van der Waals surface area contributed by atoms with Gasteiger partial charge in [-0.25, -0.2) is 0 Å². The summed E-state index contributed by atoms with van der Waals surface area (Å²) in [6.07, 6.45) is 2.08. The van der Waals surface area contributed by atoms with Gasteiger partial charge in [-0.05, 0) is 19.4 Å². The lowest BCUT2D eigenvalue weighted by Crippen LogP contribution is -2.36. The number of hydrogen-bond acceptors (Lipinski definition) is 6. The van der Waals surface area contributed by atoms with Gasteiger partial charge >= 0.3 is 0 Å². The molecule has 1 aromatic carbocycles. The summed E-state index contributed by atoms with van der Waals surface area (Å²) in [6, 6.07) is 3.48. The summed E-state index contributed by atoms with van der Waals surface area (Å²) < 4.78 is 21.8. The zero-order valence-electron chi connectivity index (χ0n) is 13.5. The average molecular weight is 310 g/mol. The van der Waals surface area contributed by atoms with E-state index < -0.39 is 0 Å². The molecule has 0 unspecified atom stereocenters. The molecule has 1 heterocycles. The van der Waals surface area contributed by atoms with E-state index in [4.69, 9.17) is 24.7 Å². The highest BCUT2D eigenvalue weighted by atomic mass is 16.5. The number of ether oxygens (including phenoxy) is 4. The van der Waals surface area contributed by atoms with Crippen LogP contribution in [0.1, 0.15) is 12.8 Å². The summed E-state index contributed by atoms with van der Waals surface area (Å²) in [5.74, 6) is 1.82. The Labute approximate surface area is 132 Å². The molecule has 1 aliphatic heterocycles. The van der Waals surface area contributed by atoms with Crippen LogP contribution in [-0.4, -0.2) is 58.6 Å². The highest BCUT2D eigenvalue weighted by Gasteiger charge is 2.13. The monoisotopic (exact) mass is 310 g/mol. The zero-order chi connectivity index (χ0) is 15.8. The van der Waals surface area contributed by atoms with Gasteiger partial charge in [0.25, 0.3) is 0 Å². The summed E-state index contributed by atoms with van der Waals surface area (Å²) >= 11 is 0. The van der Waals surface area contributed by atoms with Crippen molar-refractivity contribution in [1.82, 2.24) is 4.90 Å². The van der Waals surface area contributed by atoms with Gasteiger partial charge < -0.3 is 24.7 Å². The molecule has 0 radical (unpaired) electrons.